The summed E-state index contributed by atoms with van der Waals surface area (Å²) in [6, 6.07) is 11.7. The Morgan fingerprint density at radius 3 is 2.62 bits per heavy atom. The van der Waals surface area contributed by atoms with Crippen LogP contribution in [0.25, 0.3) is 10.9 Å². The predicted molar refractivity (Wildman–Crippen MR) is 119 cm³/mol. The number of carbonyl (C=O) groups is 3. The molecule has 2 heterocycles. The van der Waals surface area contributed by atoms with Gasteiger partial charge in [-0.3, -0.25) is 29.6 Å². The highest BCUT2D eigenvalue weighted by atomic mass is 16.5. The summed E-state index contributed by atoms with van der Waals surface area (Å²) in [6.45, 7) is 0. The molecule has 1 unspecified atom stereocenters. The molecule has 1 atom stereocenters. The molecule has 0 radical (unpaired) electrons. The van der Waals surface area contributed by atoms with E-state index >= 15 is 0 Å². The number of aromatic nitrogens is 2. The normalized spacial score (nSPS) is 11.5. The van der Waals surface area contributed by atoms with Crippen LogP contribution in [-0.4, -0.2) is 38.9 Å². The molecule has 0 aliphatic rings. The quantitative estimate of drug-likeness (QED) is 0.220. The summed E-state index contributed by atoms with van der Waals surface area (Å²) in [5.41, 5.74) is 3.38. The van der Waals surface area contributed by atoms with E-state index in [1.54, 1.807) is 36.1 Å². The van der Waals surface area contributed by atoms with Crippen molar-refractivity contribution in [2.75, 3.05) is 5.32 Å². The van der Waals surface area contributed by atoms with Crippen molar-refractivity contribution in [2.45, 2.75) is 38.1 Å². The molecule has 9 heteroatoms. The molecule has 0 saturated carbocycles. The van der Waals surface area contributed by atoms with Gasteiger partial charge in [0.1, 0.15) is 6.04 Å². The number of hydrogen-bond donors (Lipinski definition) is 4. The third kappa shape index (κ3) is 6.58. The van der Waals surface area contributed by atoms with Gasteiger partial charge in [-0.15, -0.1) is 0 Å². The Labute approximate surface area is 185 Å². The van der Waals surface area contributed by atoms with Crippen LogP contribution in [0.2, 0.25) is 0 Å². The number of hydrogen-bond acceptors (Lipinski definition) is 6. The average Bonchev–Trinajstić information content (AvgIpc) is 2.83. The zero-order valence-corrected chi connectivity index (χ0v) is 17.5. The van der Waals surface area contributed by atoms with Crippen molar-refractivity contribution in [1.29, 1.82) is 0 Å². The van der Waals surface area contributed by atoms with Gasteiger partial charge in [-0.05, 0) is 49.2 Å². The first-order chi connectivity index (χ1) is 15.6. The van der Waals surface area contributed by atoms with Crippen LogP contribution < -0.4 is 16.1 Å². The SMILES string of the molecule is O=C(CCCCCC(NC(=O)c1cccnc1)C(=O)Nc1ccc2ncccc2c1)NO. The summed E-state index contributed by atoms with van der Waals surface area (Å²) >= 11 is 0. The molecular formula is C23H25N5O4. The molecule has 9 nitrogen and oxygen atoms in total. The molecule has 3 rings (SSSR count). The van der Waals surface area contributed by atoms with E-state index in [-0.39, 0.29) is 18.2 Å². The van der Waals surface area contributed by atoms with Gasteiger partial charge in [0.25, 0.3) is 5.91 Å². The molecule has 4 N–H and O–H groups in total. The molecule has 3 aromatic rings. The van der Waals surface area contributed by atoms with Crippen LogP contribution in [-0.2, 0) is 9.59 Å². The highest BCUT2D eigenvalue weighted by Gasteiger charge is 2.21. The maximum absolute atomic E-state index is 13.0. The van der Waals surface area contributed by atoms with E-state index in [1.165, 1.54) is 6.20 Å². The molecule has 2 aromatic heterocycles. The first kappa shape index (κ1) is 22.8. The lowest BCUT2D eigenvalue weighted by molar-refractivity contribution is -0.129. The second-order valence-corrected chi connectivity index (χ2v) is 7.30. The van der Waals surface area contributed by atoms with Crippen LogP contribution in [0, 0.1) is 0 Å². The number of carbonyl (C=O) groups excluding carboxylic acids is 3. The molecule has 0 spiro atoms. The average molecular weight is 435 g/mol. The van der Waals surface area contributed by atoms with Crippen molar-refractivity contribution in [3.05, 3.63) is 66.6 Å². The fourth-order valence-corrected chi connectivity index (χ4v) is 3.26. The first-order valence-corrected chi connectivity index (χ1v) is 10.4. The minimum atomic E-state index is -0.765. The summed E-state index contributed by atoms with van der Waals surface area (Å²) in [6.07, 6.45) is 7.15. The highest BCUT2D eigenvalue weighted by Crippen LogP contribution is 2.18. The maximum atomic E-state index is 13.0. The van der Waals surface area contributed by atoms with Crippen LogP contribution in [0.1, 0.15) is 42.5 Å². The molecule has 1 aromatic carbocycles. The summed E-state index contributed by atoms with van der Waals surface area (Å²) in [5, 5.41) is 15.1. The lowest BCUT2D eigenvalue weighted by atomic mass is 10.1. The van der Waals surface area contributed by atoms with E-state index in [2.05, 4.69) is 20.6 Å². The molecule has 166 valence electrons. The standard InChI is InChI=1S/C23H25N5O4/c29-21(28-32)9-3-1-2-8-20(27-22(30)17-7-4-12-24-15-17)23(31)26-18-10-11-19-16(14-18)6-5-13-25-19/h4-7,10-15,20,32H,1-3,8-9H2,(H,26,31)(H,27,30)(H,28,29). The Kier molecular flexibility index (Phi) is 8.22. The minimum Gasteiger partial charge on any atom is -0.340 e. The number of hydroxylamine groups is 1. The van der Waals surface area contributed by atoms with Crippen molar-refractivity contribution < 1.29 is 19.6 Å². The Bertz CT molecular complexity index is 1070. The van der Waals surface area contributed by atoms with Crippen LogP contribution in [0.3, 0.4) is 0 Å². The zero-order chi connectivity index (χ0) is 22.8. The molecule has 0 saturated heterocycles. The number of nitrogens with one attached hydrogen (secondary N) is 3. The van der Waals surface area contributed by atoms with Gasteiger partial charge in [0.2, 0.25) is 11.8 Å². The predicted octanol–water partition coefficient (Wildman–Crippen LogP) is 2.82. The van der Waals surface area contributed by atoms with Gasteiger partial charge in [0.15, 0.2) is 0 Å². The Morgan fingerprint density at radius 1 is 1.00 bits per heavy atom. The number of benzene rings is 1. The van der Waals surface area contributed by atoms with Gasteiger partial charge >= 0.3 is 0 Å². The number of anilines is 1. The summed E-state index contributed by atoms with van der Waals surface area (Å²) in [7, 11) is 0. The van der Waals surface area contributed by atoms with Gasteiger partial charge < -0.3 is 10.6 Å². The minimum absolute atomic E-state index is 0.195. The number of rotatable bonds is 10. The Hall–Kier alpha value is -3.85. The zero-order valence-electron chi connectivity index (χ0n) is 17.5. The smallest absolute Gasteiger partial charge is 0.253 e. The number of pyridine rings is 2. The first-order valence-electron chi connectivity index (χ1n) is 10.4. The van der Waals surface area contributed by atoms with Crippen LogP contribution in [0.5, 0.6) is 0 Å². The topological polar surface area (TPSA) is 133 Å². The van der Waals surface area contributed by atoms with Gasteiger partial charge in [-0.25, -0.2) is 5.48 Å². The van der Waals surface area contributed by atoms with E-state index in [1.807, 2.05) is 24.3 Å². The van der Waals surface area contributed by atoms with E-state index in [4.69, 9.17) is 5.21 Å². The third-order valence-electron chi connectivity index (χ3n) is 4.94. The molecule has 0 fully saturated rings. The molecular weight excluding hydrogens is 410 g/mol. The van der Waals surface area contributed by atoms with E-state index in [0.29, 0.717) is 36.9 Å². The maximum Gasteiger partial charge on any atom is 0.253 e. The van der Waals surface area contributed by atoms with Gasteiger partial charge in [-0.2, -0.15) is 0 Å². The number of fused-ring (bicyclic) bond motifs is 1. The second-order valence-electron chi connectivity index (χ2n) is 7.30. The molecule has 3 amide bonds. The monoisotopic (exact) mass is 435 g/mol. The van der Waals surface area contributed by atoms with Crippen molar-refractivity contribution >= 4 is 34.3 Å². The number of unbranched alkanes of at least 4 members (excludes halogenated alkanes) is 2. The van der Waals surface area contributed by atoms with Crippen molar-refractivity contribution in [2.24, 2.45) is 0 Å². The Balaban J connectivity index is 1.65. The number of amides is 3. The van der Waals surface area contributed by atoms with E-state index < -0.39 is 11.9 Å². The second kappa shape index (κ2) is 11.5. The fourth-order valence-electron chi connectivity index (χ4n) is 3.26. The fraction of sp³-hybridized carbons (Fsp3) is 0.261. The van der Waals surface area contributed by atoms with Crippen LogP contribution in [0.15, 0.2) is 61.1 Å². The largest absolute Gasteiger partial charge is 0.340 e. The molecule has 32 heavy (non-hydrogen) atoms. The van der Waals surface area contributed by atoms with Crippen molar-refractivity contribution in [1.82, 2.24) is 20.8 Å². The summed E-state index contributed by atoms with van der Waals surface area (Å²) in [4.78, 5) is 44.9. The molecule has 0 aliphatic heterocycles. The third-order valence-corrected chi connectivity index (χ3v) is 4.94. The summed E-state index contributed by atoms with van der Waals surface area (Å²) in [5.74, 6) is -1.17. The highest BCUT2D eigenvalue weighted by molar-refractivity contribution is 6.01. The van der Waals surface area contributed by atoms with Gasteiger partial charge in [0.05, 0.1) is 11.1 Å². The number of nitrogens with zero attached hydrogens (tertiary/aromatic N) is 2. The van der Waals surface area contributed by atoms with E-state index in [0.717, 1.165) is 10.9 Å². The lowest BCUT2D eigenvalue weighted by Crippen LogP contribution is -2.43. The van der Waals surface area contributed by atoms with Crippen molar-refractivity contribution in [3.63, 3.8) is 0 Å². The van der Waals surface area contributed by atoms with Crippen molar-refractivity contribution in [3.8, 4) is 0 Å². The van der Waals surface area contributed by atoms with Crippen LogP contribution >= 0.6 is 0 Å². The summed E-state index contributed by atoms with van der Waals surface area (Å²) < 4.78 is 0. The molecule has 0 aliphatic carbocycles. The Morgan fingerprint density at radius 2 is 1.84 bits per heavy atom. The van der Waals surface area contributed by atoms with Gasteiger partial charge in [-0.1, -0.05) is 18.9 Å². The lowest BCUT2D eigenvalue weighted by Gasteiger charge is -2.19. The van der Waals surface area contributed by atoms with Gasteiger partial charge in [0, 0.05) is 36.1 Å². The molecule has 0 bridgehead atoms. The van der Waals surface area contributed by atoms with Crippen LogP contribution in [0.4, 0.5) is 5.69 Å². The van der Waals surface area contributed by atoms with E-state index in [9.17, 15) is 14.4 Å².